The van der Waals surface area contributed by atoms with Crippen molar-refractivity contribution in [2.45, 2.75) is 24.7 Å². The first-order valence-electron chi connectivity index (χ1n) is 5.18. The average Bonchev–Trinajstić information content (AvgIpc) is 2.58. The highest BCUT2D eigenvalue weighted by molar-refractivity contribution is 5.85. The fourth-order valence-electron chi connectivity index (χ4n) is 1.74. The lowest BCUT2D eigenvalue weighted by Gasteiger charge is -2.21. The molecular weight excluding hydrogens is 257 g/mol. The predicted octanol–water partition coefficient (Wildman–Crippen LogP) is -0.815. The van der Waals surface area contributed by atoms with Gasteiger partial charge in [-0.2, -0.15) is 13.2 Å². The van der Waals surface area contributed by atoms with Crippen LogP contribution in [0.3, 0.4) is 0 Å². The smallest absolute Gasteiger partial charge is 0.401 e. The number of amides is 1. The zero-order valence-electron chi connectivity index (χ0n) is 9.28. The standard InChI is InChI=1S/C9H13F3N2O4/c10-9(11,12)4-13-2-7(16)14-3-5(15)1-6(14)8(17)18/h5-6,13,15H,1-4H2,(H,17,18)/t5-,6-/m1/s1. The Balaban J connectivity index is 2.48. The minimum Gasteiger partial charge on any atom is -0.480 e. The summed E-state index contributed by atoms with van der Waals surface area (Å²) in [5.74, 6) is -2.06. The van der Waals surface area contributed by atoms with Gasteiger partial charge in [0.1, 0.15) is 6.04 Å². The zero-order chi connectivity index (χ0) is 13.9. The molecule has 0 aliphatic carbocycles. The first-order chi connectivity index (χ1) is 8.20. The lowest BCUT2D eigenvalue weighted by molar-refractivity contribution is -0.148. The summed E-state index contributed by atoms with van der Waals surface area (Å²) in [6, 6.07) is -1.18. The Kier molecular flexibility index (Phi) is 4.52. The largest absolute Gasteiger partial charge is 0.480 e. The number of carbonyl (C=O) groups is 2. The molecular formula is C9H13F3N2O4. The van der Waals surface area contributed by atoms with Gasteiger partial charge in [-0.15, -0.1) is 0 Å². The molecule has 6 nitrogen and oxygen atoms in total. The van der Waals surface area contributed by atoms with E-state index < -0.39 is 43.3 Å². The Morgan fingerprint density at radius 2 is 2.00 bits per heavy atom. The van der Waals surface area contributed by atoms with E-state index in [1.165, 1.54) is 0 Å². The summed E-state index contributed by atoms with van der Waals surface area (Å²) in [5, 5.41) is 19.9. The minimum atomic E-state index is -4.43. The predicted molar refractivity (Wildman–Crippen MR) is 52.7 cm³/mol. The molecule has 0 aromatic carbocycles. The summed E-state index contributed by atoms with van der Waals surface area (Å²) in [7, 11) is 0. The third kappa shape index (κ3) is 4.15. The maximum Gasteiger partial charge on any atom is 0.401 e. The van der Waals surface area contributed by atoms with Gasteiger partial charge in [-0.1, -0.05) is 0 Å². The first-order valence-corrected chi connectivity index (χ1v) is 5.18. The Labute approximate surface area is 100 Å². The second-order valence-corrected chi connectivity index (χ2v) is 4.01. The lowest BCUT2D eigenvalue weighted by Crippen LogP contribution is -2.45. The summed E-state index contributed by atoms with van der Waals surface area (Å²) in [5.41, 5.74) is 0. The second-order valence-electron chi connectivity index (χ2n) is 4.01. The van der Waals surface area contributed by atoms with Crippen molar-refractivity contribution >= 4 is 11.9 Å². The molecule has 2 atom stereocenters. The molecule has 104 valence electrons. The number of carboxylic acid groups (broad SMARTS) is 1. The van der Waals surface area contributed by atoms with Gasteiger partial charge in [0, 0.05) is 13.0 Å². The third-order valence-electron chi connectivity index (χ3n) is 2.49. The van der Waals surface area contributed by atoms with Crippen molar-refractivity contribution in [2.75, 3.05) is 19.6 Å². The van der Waals surface area contributed by atoms with Gasteiger partial charge in [0.15, 0.2) is 0 Å². The van der Waals surface area contributed by atoms with Gasteiger partial charge in [-0.05, 0) is 0 Å². The number of aliphatic hydroxyl groups is 1. The average molecular weight is 270 g/mol. The number of hydrogen-bond donors (Lipinski definition) is 3. The van der Waals surface area contributed by atoms with Crippen LogP contribution in [-0.2, 0) is 9.59 Å². The number of aliphatic hydroxyl groups excluding tert-OH is 1. The summed E-state index contributed by atoms with van der Waals surface area (Å²) in [6.07, 6.45) is -5.50. The number of likely N-dealkylation sites (tertiary alicyclic amines) is 1. The van der Waals surface area contributed by atoms with Crippen molar-refractivity contribution in [1.82, 2.24) is 10.2 Å². The molecule has 1 fully saturated rings. The second kappa shape index (κ2) is 5.53. The summed E-state index contributed by atoms with van der Waals surface area (Å²) in [4.78, 5) is 23.2. The van der Waals surface area contributed by atoms with Crippen molar-refractivity contribution in [2.24, 2.45) is 0 Å². The van der Waals surface area contributed by atoms with Crippen LogP contribution in [0.2, 0.25) is 0 Å². The van der Waals surface area contributed by atoms with Gasteiger partial charge in [0.2, 0.25) is 5.91 Å². The molecule has 0 bridgehead atoms. The summed E-state index contributed by atoms with van der Waals surface area (Å²) >= 11 is 0. The number of nitrogens with zero attached hydrogens (tertiary/aromatic N) is 1. The van der Waals surface area contributed by atoms with E-state index >= 15 is 0 Å². The van der Waals surface area contributed by atoms with Crippen LogP contribution < -0.4 is 5.32 Å². The molecule has 1 rings (SSSR count). The van der Waals surface area contributed by atoms with Crippen LogP contribution in [0.25, 0.3) is 0 Å². The SMILES string of the molecule is O=C(O)[C@H]1C[C@@H](O)CN1C(=O)CNCC(F)(F)F. The lowest BCUT2D eigenvalue weighted by atomic mass is 10.2. The molecule has 0 aromatic rings. The van der Waals surface area contributed by atoms with Crippen molar-refractivity contribution in [3.8, 4) is 0 Å². The molecule has 0 saturated carbocycles. The Morgan fingerprint density at radius 1 is 1.39 bits per heavy atom. The molecule has 9 heteroatoms. The van der Waals surface area contributed by atoms with Crippen LogP contribution >= 0.6 is 0 Å². The van der Waals surface area contributed by atoms with Gasteiger partial charge in [0.05, 0.1) is 19.2 Å². The Bertz CT molecular complexity index is 334. The first kappa shape index (κ1) is 14.7. The molecule has 18 heavy (non-hydrogen) atoms. The topological polar surface area (TPSA) is 89.9 Å². The molecule has 1 amide bonds. The number of halogens is 3. The van der Waals surface area contributed by atoms with E-state index in [4.69, 9.17) is 5.11 Å². The number of rotatable bonds is 4. The Morgan fingerprint density at radius 3 is 2.50 bits per heavy atom. The van der Waals surface area contributed by atoms with Gasteiger partial charge < -0.3 is 20.4 Å². The summed E-state index contributed by atoms with van der Waals surface area (Å²) < 4.78 is 35.5. The number of hydrogen-bond acceptors (Lipinski definition) is 4. The molecule has 0 radical (unpaired) electrons. The van der Waals surface area contributed by atoms with E-state index in [-0.39, 0.29) is 13.0 Å². The Hall–Kier alpha value is -1.35. The van der Waals surface area contributed by atoms with E-state index in [0.717, 1.165) is 4.90 Å². The fraction of sp³-hybridized carbons (Fsp3) is 0.778. The van der Waals surface area contributed by atoms with Gasteiger partial charge in [0.25, 0.3) is 0 Å². The molecule has 0 unspecified atom stereocenters. The van der Waals surface area contributed by atoms with E-state index in [1.807, 2.05) is 5.32 Å². The molecule has 1 aliphatic heterocycles. The zero-order valence-corrected chi connectivity index (χ0v) is 9.28. The minimum absolute atomic E-state index is 0.111. The fourth-order valence-corrected chi connectivity index (χ4v) is 1.74. The molecule has 1 heterocycles. The number of carboxylic acids is 1. The van der Waals surface area contributed by atoms with Crippen LogP contribution in [0.15, 0.2) is 0 Å². The van der Waals surface area contributed by atoms with Crippen molar-refractivity contribution < 1.29 is 33.0 Å². The van der Waals surface area contributed by atoms with Crippen molar-refractivity contribution in [3.05, 3.63) is 0 Å². The van der Waals surface area contributed by atoms with Gasteiger partial charge in [-0.3, -0.25) is 4.79 Å². The highest BCUT2D eigenvalue weighted by Crippen LogP contribution is 2.18. The van der Waals surface area contributed by atoms with Crippen LogP contribution in [0.1, 0.15) is 6.42 Å². The summed E-state index contributed by atoms with van der Waals surface area (Å²) in [6.45, 7) is -2.12. The number of β-amino-alcohol motifs (C(OH)–C–C–N with tert-alkyl or cyclic N) is 1. The number of aliphatic carboxylic acids is 1. The highest BCUT2D eigenvalue weighted by atomic mass is 19.4. The van der Waals surface area contributed by atoms with E-state index in [1.54, 1.807) is 0 Å². The highest BCUT2D eigenvalue weighted by Gasteiger charge is 2.38. The third-order valence-corrected chi connectivity index (χ3v) is 2.49. The molecule has 1 saturated heterocycles. The monoisotopic (exact) mass is 270 g/mol. The number of carbonyl (C=O) groups excluding carboxylic acids is 1. The maximum atomic E-state index is 11.8. The molecule has 0 aromatic heterocycles. The molecule has 1 aliphatic rings. The van der Waals surface area contributed by atoms with Gasteiger partial charge in [-0.25, -0.2) is 4.79 Å². The maximum absolute atomic E-state index is 11.8. The number of nitrogens with one attached hydrogen (secondary N) is 1. The van der Waals surface area contributed by atoms with Crippen LogP contribution in [0, 0.1) is 0 Å². The van der Waals surface area contributed by atoms with Gasteiger partial charge >= 0.3 is 12.1 Å². The number of alkyl halides is 3. The van der Waals surface area contributed by atoms with Crippen LogP contribution in [-0.4, -0.2) is 64.9 Å². The van der Waals surface area contributed by atoms with E-state index in [2.05, 4.69) is 0 Å². The van der Waals surface area contributed by atoms with E-state index in [9.17, 15) is 27.9 Å². The quantitative estimate of drug-likeness (QED) is 0.621. The van der Waals surface area contributed by atoms with Crippen LogP contribution in [0.4, 0.5) is 13.2 Å². The van der Waals surface area contributed by atoms with Crippen LogP contribution in [0.5, 0.6) is 0 Å². The normalized spacial score (nSPS) is 24.3. The van der Waals surface area contributed by atoms with Crippen molar-refractivity contribution in [1.29, 1.82) is 0 Å². The van der Waals surface area contributed by atoms with E-state index in [0.29, 0.717) is 0 Å². The molecule has 3 N–H and O–H groups in total. The van der Waals surface area contributed by atoms with Crippen molar-refractivity contribution in [3.63, 3.8) is 0 Å². The molecule has 0 spiro atoms.